The minimum Gasteiger partial charge on any atom is -0.508 e. The molecule has 1 unspecified atom stereocenters. The number of benzene rings is 4. The molecule has 0 bridgehead atoms. The number of ether oxygens (including phenoxy) is 3. The first-order chi connectivity index (χ1) is 23.9. The van der Waals surface area contributed by atoms with Gasteiger partial charge >= 0.3 is 0 Å². The van der Waals surface area contributed by atoms with E-state index in [1.165, 1.54) is 10.5 Å². The second kappa shape index (κ2) is 15.7. The van der Waals surface area contributed by atoms with E-state index >= 15 is 0 Å². The molecular weight excluding hydrogens is 620 g/mol. The van der Waals surface area contributed by atoms with Gasteiger partial charge in [-0.2, -0.15) is 0 Å². The van der Waals surface area contributed by atoms with Gasteiger partial charge in [-0.3, -0.25) is 19.7 Å². The Labute approximate surface area is 286 Å². The number of phenols is 1. The van der Waals surface area contributed by atoms with Crippen LogP contribution in [0.1, 0.15) is 65.2 Å². The number of rotatable bonds is 14. The highest BCUT2D eigenvalue weighted by Crippen LogP contribution is 2.36. The molecule has 1 atom stereocenters. The summed E-state index contributed by atoms with van der Waals surface area (Å²) < 4.78 is 17.6. The van der Waals surface area contributed by atoms with Gasteiger partial charge in [-0.05, 0) is 88.7 Å². The summed E-state index contributed by atoms with van der Waals surface area (Å²) in [5.41, 5.74) is 6.97. The van der Waals surface area contributed by atoms with E-state index in [1.54, 1.807) is 24.3 Å². The van der Waals surface area contributed by atoms with Crippen LogP contribution in [0.5, 0.6) is 17.2 Å². The molecule has 0 saturated carbocycles. The minimum absolute atomic E-state index is 0.202. The van der Waals surface area contributed by atoms with E-state index in [0.717, 1.165) is 40.0 Å². The molecule has 2 N–H and O–H groups in total. The van der Waals surface area contributed by atoms with E-state index in [0.29, 0.717) is 57.1 Å². The molecule has 2 heterocycles. The number of nitrogens with one attached hydrogen (secondary N) is 1. The van der Waals surface area contributed by atoms with Crippen molar-refractivity contribution in [3.8, 4) is 17.2 Å². The van der Waals surface area contributed by atoms with Gasteiger partial charge in [0.2, 0.25) is 11.8 Å². The van der Waals surface area contributed by atoms with Crippen molar-refractivity contribution in [2.75, 3.05) is 26.4 Å². The van der Waals surface area contributed by atoms with Crippen LogP contribution in [0.15, 0.2) is 97.1 Å². The number of phenolic OH excluding ortho intramolecular Hbond substituents is 1. The molecule has 252 valence electrons. The molecule has 0 aliphatic carbocycles. The lowest BCUT2D eigenvalue weighted by Crippen LogP contribution is -2.52. The predicted molar refractivity (Wildman–Crippen MR) is 186 cm³/mol. The maximum Gasteiger partial charge on any atom is 0.255 e. The monoisotopic (exact) mass is 660 g/mol. The summed E-state index contributed by atoms with van der Waals surface area (Å²) in [6, 6.07) is 30.5. The summed E-state index contributed by atoms with van der Waals surface area (Å²) >= 11 is 0. The first-order valence-corrected chi connectivity index (χ1v) is 16.7. The van der Waals surface area contributed by atoms with Crippen LogP contribution in [0.2, 0.25) is 0 Å². The minimum atomic E-state index is -0.636. The quantitative estimate of drug-likeness (QED) is 0.0916. The van der Waals surface area contributed by atoms with Crippen LogP contribution >= 0.6 is 0 Å². The highest BCUT2D eigenvalue weighted by molar-refractivity contribution is 6.05. The number of aromatic hydroxyl groups is 1. The molecular formula is C40H40N2O7. The third-order valence-corrected chi connectivity index (χ3v) is 8.77. The molecule has 2 aliphatic rings. The molecule has 6 rings (SSSR count). The summed E-state index contributed by atoms with van der Waals surface area (Å²) in [4.78, 5) is 38.2. The van der Waals surface area contributed by atoms with Gasteiger partial charge in [-0.1, -0.05) is 61.5 Å². The average molecular weight is 661 g/mol. The maximum atomic E-state index is 12.9. The first-order valence-electron chi connectivity index (χ1n) is 16.7. The highest BCUT2D eigenvalue weighted by atomic mass is 16.5. The van der Waals surface area contributed by atoms with Crippen LogP contribution in [-0.4, -0.2) is 60.2 Å². The Hall–Kier alpha value is -5.41. The Morgan fingerprint density at radius 1 is 0.796 bits per heavy atom. The molecule has 9 heteroatoms. The smallest absolute Gasteiger partial charge is 0.255 e. The van der Waals surface area contributed by atoms with Crippen molar-refractivity contribution in [1.29, 1.82) is 0 Å². The third kappa shape index (κ3) is 8.01. The molecule has 49 heavy (non-hydrogen) atoms. The Balaban J connectivity index is 0.951. The lowest BCUT2D eigenvalue weighted by molar-refractivity contribution is -0.136. The molecule has 4 aromatic rings. The average Bonchev–Trinajstić information content (AvgIpc) is 3.44. The standard InChI is InChI=1S/C40H40N2O7/c1-2-34(27-7-4-3-5-8-27)38(28-9-13-31(43)14-10-28)29-11-15-32(16-12-29)49-24-23-47-21-6-22-48-33-17-18-35-30(25-33)26-42(40(35)46)36-19-20-37(44)41-39(36)45/h3-5,7-18,25,36,43H,2,6,19-24,26H2,1H3,(H,41,44,45). The fourth-order valence-corrected chi connectivity index (χ4v) is 6.34. The van der Waals surface area contributed by atoms with Crippen LogP contribution in [0.25, 0.3) is 11.1 Å². The van der Waals surface area contributed by atoms with Gasteiger partial charge in [0, 0.05) is 31.6 Å². The fraction of sp³-hybridized carbons (Fsp3) is 0.275. The number of fused-ring (bicyclic) bond motifs is 1. The van der Waals surface area contributed by atoms with Gasteiger partial charge in [0.05, 0.1) is 13.2 Å². The van der Waals surface area contributed by atoms with Crippen LogP contribution in [0.3, 0.4) is 0 Å². The predicted octanol–water partition coefficient (Wildman–Crippen LogP) is 6.39. The number of nitrogens with zero attached hydrogens (tertiary/aromatic N) is 1. The number of imide groups is 1. The second-order valence-electron chi connectivity index (χ2n) is 12.0. The number of hydrogen-bond acceptors (Lipinski definition) is 7. The van der Waals surface area contributed by atoms with E-state index in [9.17, 15) is 19.5 Å². The molecule has 0 radical (unpaired) electrons. The maximum absolute atomic E-state index is 12.9. The zero-order valence-electron chi connectivity index (χ0n) is 27.5. The van der Waals surface area contributed by atoms with Crippen molar-refractivity contribution >= 4 is 28.9 Å². The number of hydrogen-bond donors (Lipinski definition) is 2. The summed E-state index contributed by atoms with van der Waals surface area (Å²) in [6.07, 6.45) is 2.09. The van der Waals surface area contributed by atoms with Crippen LogP contribution in [0, 0.1) is 0 Å². The molecule has 0 spiro atoms. The number of allylic oxidation sites excluding steroid dienone is 1. The highest BCUT2D eigenvalue weighted by Gasteiger charge is 2.39. The Kier molecular flexibility index (Phi) is 10.7. The van der Waals surface area contributed by atoms with Gasteiger partial charge in [0.1, 0.15) is 29.9 Å². The zero-order valence-corrected chi connectivity index (χ0v) is 27.5. The summed E-state index contributed by atoms with van der Waals surface area (Å²) in [5, 5.41) is 12.2. The first kappa shape index (κ1) is 33.5. The van der Waals surface area contributed by atoms with Gasteiger partial charge in [0.25, 0.3) is 5.91 Å². The van der Waals surface area contributed by atoms with Crippen molar-refractivity contribution in [3.63, 3.8) is 0 Å². The zero-order chi connectivity index (χ0) is 34.2. The normalized spacial score (nSPS) is 16.2. The summed E-state index contributed by atoms with van der Waals surface area (Å²) in [6.45, 7) is 4.27. The van der Waals surface area contributed by atoms with E-state index in [4.69, 9.17) is 14.2 Å². The van der Waals surface area contributed by atoms with Gasteiger partial charge in [-0.25, -0.2) is 0 Å². The van der Waals surface area contributed by atoms with E-state index in [2.05, 4.69) is 36.5 Å². The van der Waals surface area contributed by atoms with E-state index in [-0.39, 0.29) is 24.0 Å². The van der Waals surface area contributed by atoms with Crippen molar-refractivity contribution in [2.24, 2.45) is 0 Å². The van der Waals surface area contributed by atoms with Crippen molar-refractivity contribution in [3.05, 3.63) is 125 Å². The molecule has 3 amide bonds. The van der Waals surface area contributed by atoms with Gasteiger partial charge in [-0.15, -0.1) is 0 Å². The largest absolute Gasteiger partial charge is 0.508 e. The van der Waals surface area contributed by atoms with Crippen molar-refractivity contribution in [1.82, 2.24) is 10.2 Å². The van der Waals surface area contributed by atoms with Crippen LogP contribution < -0.4 is 14.8 Å². The number of piperidine rings is 1. The fourth-order valence-electron chi connectivity index (χ4n) is 6.34. The molecule has 0 aromatic heterocycles. The lowest BCUT2D eigenvalue weighted by atomic mass is 9.88. The third-order valence-electron chi connectivity index (χ3n) is 8.77. The number of amides is 3. The lowest BCUT2D eigenvalue weighted by Gasteiger charge is -2.29. The molecule has 4 aromatic carbocycles. The van der Waals surface area contributed by atoms with Crippen LogP contribution in [-0.2, 0) is 20.9 Å². The molecule has 2 aliphatic heterocycles. The van der Waals surface area contributed by atoms with Crippen molar-refractivity contribution in [2.45, 2.75) is 45.2 Å². The second-order valence-corrected chi connectivity index (χ2v) is 12.0. The van der Waals surface area contributed by atoms with Crippen LogP contribution in [0.4, 0.5) is 0 Å². The van der Waals surface area contributed by atoms with Crippen molar-refractivity contribution < 1.29 is 33.7 Å². The molecule has 1 fully saturated rings. The SMILES string of the molecule is CCC(=C(c1ccc(O)cc1)c1ccc(OCCOCCCOc2ccc3c(c2)CN(C2CCC(=O)NC2=O)C3=O)cc1)c1ccccc1. The topological polar surface area (TPSA) is 114 Å². The van der Waals surface area contributed by atoms with Gasteiger partial charge in [0.15, 0.2) is 0 Å². The molecule has 1 saturated heterocycles. The molecule has 9 nitrogen and oxygen atoms in total. The number of carbonyl (C=O) groups excluding carboxylic acids is 3. The summed E-state index contributed by atoms with van der Waals surface area (Å²) in [5.74, 6) is 0.718. The van der Waals surface area contributed by atoms with E-state index < -0.39 is 11.9 Å². The Bertz CT molecular complexity index is 1820. The number of carbonyl (C=O) groups is 3. The Morgan fingerprint density at radius 3 is 2.20 bits per heavy atom. The summed E-state index contributed by atoms with van der Waals surface area (Å²) in [7, 11) is 0. The van der Waals surface area contributed by atoms with Gasteiger partial charge < -0.3 is 24.2 Å². The van der Waals surface area contributed by atoms with E-state index in [1.807, 2.05) is 48.5 Å². The Morgan fingerprint density at radius 2 is 1.49 bits per heavy atom.